The summed E-state index contributed by atoms with van der Waals surface area (Å²) in [6.45, 7) is 0. The van der Waals surface area contributed by atoms with Gasteiger partial charge in [0.25, 0.3) is 0 Å². The number of benzene rings is 2. The zero-order valence-electron chi connectivity index (χ0n) is 11.3. The van der Waals surface area contributed by atoms with Crippen molar-refractivity contribution in [3.63, 3.8) is 0 Å². The van der Waals surface area contributed by atoms with Crippen LogP contribution in [0.2, 0.25) is 0 Å². The molecule has 0 unspecified atom stereocenters. The van der Waals surface area contributed by atoms with Crippen LogP contribution in [0.25, 0.3) is 22.9 Å². The highest BCUT2D eigenvalue weighted by molar-refractivity contribution is 6.77. The maximum absolute atomic E-state index is 5.60. The van der Waals surface area contributed by atoms with Crippen molar-refractivity contribution in [3.8, 4) is 0 Å². The first-order chi connectivity index (χ1) is 9.25. The van der Waals surface area contributed by atoms with Crippen LogP contribution in [0.15, 0.2) is 30.3 Å². The number of hydrogen-bond donors (Lipinski definition) is 0. The van der Waals surface area contributed by atoms with Crippen LogP contribution < -0.4 is 5.19 Å². The molecule has 0 amide bonds. The van der Waals surface area contributed by atoms with Gasteiger partial charge in [-0.1, -0.05) is 42.5 Å². The Morgan fingerprint density at radius 1 is 0.789 bits per heavy atom. The highest BCUT2D eigenvalue weighted by Gasteiger charge is 2.42. The topological polar surface area (TPSA) is 27.7 Å². The first kappa shape index (κ1) is 12.6. The van der Waals surface area contributed by atoms with E-state index in [2.05, 4.69) is 42.5 Å². The quantitative estimate of drug-likeness (QED) is 0.683. The van der Waals surface area contributed by atoms with Gasteiger partial charge in [-0.15, -0.1) is 0 Å². The lowest BCUT2D eigenvalue weighted by atomic mass is 10.0. The molecule has 1 aliphatic rings. The standard InChI is InChI=1S/C15H16O3Si/c1-16-19(17-2,18-3)14-10-9-12-8-7-11-5-4-6-13(14)15(11)12/h4-10H,1-3H3. The van der Waals surface area contributed by atoms with Gasteiger partial charge < -0.3 is 13.3 Å². The molecule has 98 valence electrons. The third-order valence-electron chi connectivity index (χ3n) is 3.68. The second-order valence-electron chi connectivity index (χ2n) is 4.47. The average molecular weight is 272 g/mol. The van der Waals surface area contributed by atoms with E-state index in [9.17, 15) is 0 Å². The summed E-state index contributed by atoms with van der Waals surface area (Å²) in [7, 11) is 2.11. The highest BCUT2D eigenvalue weighted by atomic mass is 28.4. The van der Waals surface area contributed by atoms with Gasteiger partial charge in [0.15, 0.2) is 0 Å². The van der Waals surface area contributed by atoms with E-state index in [1.54, 1.807) is 21.3 Å². The summed E-state index contributed by atoms with van der Waals surface area (Å²) in [4.78, 5) is 0. The Balaban J connectivity index is 2.33. The molecule has 0 radical (unpaired) electrons. The summed E-state index contributed by atoms with van der Waals surface area (Å²) in [5.74, 6) is 0. The lowest BCUT2D eigenvalue weighted by Crippen LogP contribution is -2.54. The summed E-state index contributed by atoms with van der Waals surface area (Å²) in [6, 6.07) is 10.4. The van der Waals surface area contributed by atoms with Gasteiger partial charge in [0.1, 0.15) is 0 Å². The Morgan fingerprint density at radius 2 is 1.42 bits per heavy atom. The summed E-state index contributed by atoms with van der Waals surface area (Å²) < 4.78 is 16.8. The van der Waals surface area contributed by atoms with Crippen molar-refractivity contribution >= 4 is 36.9 Å². The molecular weight excluding hydrogens is 256 g/mol. The van der Waals surface area contributed by atoms with Crippen molar-refractivity contribution in [1.82, 2.24) is 0 Å². The molecule has 0 saturated heterocycles. The normalized spacial score (nSPS) is 13.4. The Kier molecular flexibility index (Phi) is 3.03. The largest absolute Gasteiger partial charge is 0.537 e. The molecule has 2 aromatic rings. The van der Waals surface area contributed by atoms with E-state index in [0.29, 0.717) is 0 Å². The lowest BCUT2D eigenvalue weighted by Gasteiger charge is -2.26. The molecule has 0 heterocycles. The molecule has 2 aromatic carbocycles. The Hall–Kier alpha value is -1.46. The molecule has 4 heteroatoms. The van der Waals surface area contributed by atoms with E-state index in [-0.39, 0.29) is 0 Å². The van der Waals surface area contributed by atoms with Gasteiger partial charge in [0.05, 0.1) is 0 Å². The molecule has 0 aliphatic heterocycles. The van der Waals surface area contributed by atoms with E-state index in [1.807, 2.05) is 0 Å². The Morgan fingerprint density at radius 3 is 2.05 bits per heavy atom. The van der Waals surface area contributed by atoms with Gasteiger partial charge >= 0.3 is 8.80 Å². The highest BCUT2D eigenvalue weighted by Crippen LogP contribution is 2.31. The van der Waals surface area contributed by atoms with Gasteiger partial charge in [-0.2, -0.15) is 0 Å². The van der Waals surface area contributed by atoms with Crippen LogP contribution in [0.3, 0.4) is 0 Å². The maximum Gasteiger partial charge on any atom is 0.537 e. The van der Waals surface area contributed by atoms with Gasteiger partial charge in [-0.05, 0) is 21.9 Å². The maximum atomic E-state index is 5.60. The smallest absolute Gasteiger partial charge is 0.373 e. The fourth-order valence-corrected chi connectivity index (χ4v) is 4.75. The molecule has 19 heavy (non-hydrogen) atoms. The third kappa shape index (κ3) is 1.69. The molecule has 3 rings (SSSR count). The van der Waals surface area contributed by atoms with E-state index >= 15 is 0 Å². The molecule has 0 bridgehead atoms. The van der Waals surface area contributed by atoms with E-state index in [1.165, 1.54) is 16.5 Å². The van der Waals surface area contributed by atoms with Crippen molar-refractivity contribution in [2.24, 2.45) is 0 Å². The molecule has 0 aromatic heterocycles. The monoisotopic (exact) mass is 272 g/mol. The summed E-state index contributed by atoms with van der Waals surface area (Å²) in [5.41, 5.74) is 2.47. The predicted octanol–water partition coefficient (Wildman–Crippen LogP) is 2.41. The van der Waals surface area contributed by atoms with Crippen molar-refractivity contribution in [2.75, 3.05) is 21.3 Å². The predicted molar refractivity (Wildman–Crippen MR) is 79.3 cm³/mol. The van der Waals surface area contributed by atoms with Crippen LogP contribution in [-0.4, -0.2) is 30.1 Å². The van der Waals surface area contributed by atoms with Crippen LogP contribution in [0.5, 0.6) is 0 Å². The fourth-order valence-electron chi connectivity index (χ4n) is 2.77. The zero-order valence-corrected chi connectivity index (χ0v) is 12.3. The zero-order chi connectivity index (χ0) is 13.5. The Bertz CT molecular complexity index is 639. The number of hydrogen-bond acceptors (Lipinski definition) is 3. The van der Waals surface area contributed by atoms with E-state index in [0.717, 1.165) is 10.6 Å². The average Bonchev–Trinajstić information content (AvgIpc) is 2.89. The van der Waals surface area contributed by atoms with Crippen LogP contribution in [0.4, 0.5) is 0 Å². The van der Waals surface area contributed by atoms with Crippen molar-refractivity contribution in [2.45, 2.75) is 0 Å². The SMILES string of the molecule is CO[Si](OC)(OC)c1ccc2c3c(cccc13)C=C2. The van der Waals surface area contributed by atoms with Gasteiger partial charge in [0, 0.05) is 26.5 Å². The number of rotatable bonds is 4. The fraction of sp³-hybridized carbons (Fsp3) is 0.200. The van der Waals surface area contributed by atoms with Gasteiger partial charge in [0.2, 0.25) is 0 Å². The van der Waals surface area contributed by atoms with Crippen LogP contribution in [-0.2, 0) is 13.3 Å². The molecule has 1 aliphatic carbocycles. The van der Waals surface area contributed by atoms with Crippen LogP contribution in [0, 0.1) is 0 Å². The van der Waals surface area contributed by atoms with Crippen molar-refractivity contribution in [3.05, 3.63) is 41.5 Å². The van der Waals surface area contributed by atoms with Crippen molar-refractivity contribution < 1.29 is 13.3 Å². The van der Waals surface area contributed by atoms with Crippen LogP contribution in [0.1, 0.15) is 11.1 Å². The molecule has 0 saturated carbocycles. The summed E-state index contributed by atoms with van der Waals surface area (Å²) >= 11 is 0. The third-order valence-corrected chi connectivity index (χ3v) is 6.39. The first-order valence-electron chi connectivity index (χ1n) is 6.15. The summed E-state index contributed by atoms with van der Waals surface area (Å²) in [5, 5.41) is 3.42. The molecule has 3 nitrogen and oxygen atoms in total. The second-order valence-corrected chi connectivity index (χ2v) is 7.35. The molecule has 0 fully saturated rings. The first-order valence-corrected chi connectivity index (χ1v) is 7.88. The van der Waals surface area contributed by atoms with Crippen LogP contribution >= 0.6 is 0 Å². The minimum absolute atomic E-state index is 1.02. The summed E-state index contributed by atoms with van der Waals surface area (Å²) in [6.07, 6.45) is 4.27. The molecule has 0 spiro atoms. The van der Waals surface area contributed by atoms with Crippen molar-refractivity contribution in [1.29, 1.82) is 0 Å². The van der Waals surface area contributed by atoms with Gasteiger partial charge in [-0.25, -0.2) is 0 Å². The lowest BCUT2D eigenvalue weighted by molar-refractivity contribution is 0.140. The van der Waals surface area contributed by atoms with E-state index in [4.69, 9.17) is 13.3 Å². The molecular formula is C15H16O3Si. The molecule has 0 N–H and O–H groups in total. The molecule has 0 atom stereocenters. The minimum Gasteiger partial charge on any atom is -0.373 e. The van der Waals surface area contributed by atoms with E-state index < -0.39 is 8.80 Å². The van der Waals surface area contributed by atoms with Gasteiger partial charge in [-0.3, -0.25) is 0 Å². The Labute approximate surface area is 113 Å². The second kappa shape index (κ2) is 4.58. The minimum atomic E-state index is -2.80.